The lowest BCUT2D eigenvalue weighted by Gasteiger charge is -2.06. The van der Waals surface area contributed by atoms with E-state index in [9.17, 15) is 4.79 Å². The van der Waals surface area contributed by atoms with E-state index in [-0.39, 0.29) is 11.7 Å². The Hall–Kier alpha value is -2.19. The molecule has 3 rings (SSSR count). The Morgan fingerprint density at radius 3 is 2.76 bits per heavy atom. The van der Waals surface area contributed by atoms with Gasteiger partial charge in [0.2, 0.25) is 5.91 Å². The number of carbonyl (C=O) groups excluding carboxylic acids is 1. The molecule has 0 spiro atoms. The summed E-state index contributed by atoms with van der Waals surface area (Å²) in [5, 5.41) is 14.2. The molecule has 0 atom stereocenters. The summed E-state index contributed by atoms with van der Waals surface area (Å²) in [6.07, 6.45) is 1.65. The van der Waals surface area contributed by atoms with Crippen LogP contribution in [0.15, 0.2) is 41.1 Å². The molecule has 130 valence electrons. The standard InChI is InChI=1S/C17H19N5OS2/c1-11(2)14-8-24-16(19-14)20-15(23)9-25-17-21-18-10-22(17)13-6-4-12(3)5-7-13/h4-8,10-11H,9H2,1-3H3,(H,19,20,23). The van der Waals surface area contributed by atoms with Crippen LogP contribution in [0.4, 0.5) is 5.13 Å². The minimum absolute atomic E-state index is 0.104. The molecule has 0 radical (unpaired) electrons. The van der Waals surface area contributed by atoms with Crippen LogP contribution in [0.3, 0.4) is 0 Å². The van der Waals surface area contributed by atoms with Gasteiger partial charge in [0, 0.05) is 11.1 Å². The molecule has 0 saturated carbocycles. The zero-order valence-electron chi connectivity index (χ0n) is 14.3. The van der Waals surface area contributed by atoms with E-state index >= 15 is 0 Å². The summed E-state index contributed by atoms with van der Waals surface area (Å²) in [4.78, 5) is 16.6. The van der Waals surface area contributed by atoms with Crippen molar-refractivity contribution >= 4 is 34.1 Å². The second-order valence-corrected chi connectivity index (χ2v) is 7.69. The third kappa shape index (κ3) is 4.46. The normalized spacial score (nSPS) is 11.0. The van der Waals surface area contributed by atoms with Crippen molar-refractivity contribution in [1.29, 1.82) is 0 Å². The summed E-state index contributed by atoms with van der Waals surface area (Å²) < 4.78 is 1.87. The van der Waals surface area contributed by atoms with Crippen molar-refractivity contribution in [3.8, 4) is 5.69 Å². The molecule has 0 unspecified atom stereocenters. The quantitative estimate of drug-likeness (QED) is 0.664. The molecule has 6 nitrogen and oxygen atoms in total. The van der Waals surface area contributed by atoms with E-state index in [4.69, 9.17) is 0 Å². The predicted molar refractivity (Wildman–Crippen MR) is 102 cm³/mol. The number of hydrogen-bond acceptors (Lipinski definition) is 6. The first-order valence-corrected chi connectivity index (χ1v) is 9.74. The summed E-state index contributed by atoms with van der Waals surface area (Å²) in [5.74, 6) is 0.499. The van der Waals surface area contributed by atoms with Crippen LogP contribution in [0.25, 0.3) is 5.69 Å². The highest BCUT2D eigenvalue weighted by Crippen LogP contribution is 2.23. The van der Waals surface area contributed by atoms with Gasteiger partial charge in [-0.25, -0.2) is 4.98 Å². The highest BCUT2D eigenvalue weighted by Gasteiger charge is 2.12. The lowest BCUT2D eigenvalue weighted by molar-refractivity contribution is -0.113. The van der Waals surface area contributed by atoms with Crippen molar-refractivity contribution < 1.29 is 4.79 Å². The number of thioether (sulfide) groups is 1. The van der Waals surface area contributed by atoms with Gasteiger partial charge in [-0.2, -0.15) is 0 Å². The number of nitrogens with zero attached hydrogens (tertiary/aromatic N) is 4. The van der Waals surface area contributed by atoms with Crippen LogP contribution in [0.1, 0.15) is 31.0 Å². The first-order valence-electron chi connectivity index (χ1n) is 7.88. The van der Waals surface area contributed by atoms with E-state index in [0.29, 0.717) is 16.2 Å². The molecule has 0 aliphatic heterocycles. The maximum atomic E-state index is 12.2. The van der Waals surface area contributed by atoms with Crippen LogP contribution in [-0.2, 0) is 4.79 Å². The van der Waals surface area contributed by atoms with E-state index < -0.39 is 0 Å². The first kappa shape index (κ1) is 17.6. The fraction of sp³-hybridized carbons (Fsp3) is 0.294. The van der Waals surface area contributed by atoms with Crippen LogP contribution >= 0.6 is 23.1 Å². The fourth-order valence-corrected chi connectivity index (χ4v) is 3.72. The smallest absolute Gasteiger partial charge is 0.236 e. The Bertz CT molecular complexity index is 854. The van der Waals surface area contributed by atoms with E-state index in [1.165, 1.54) is 28.7 Å². The highest BCUT2D eigenvalue weighted by atomic mass is 32.2. The zero-order chi connectivity index (χ0) is 17.8. The van der Waals surface area contributed by atoms with Crippen LogP contribution in [0.2, 0.25) is 0 Å². The highest BCUT2D eigenvalue weighted by molar-refractivity contribution is 7.99. The molecule has 2 aromatic heterocycles. The van der Waals surface area contributed by atoms with Crippen LogP contribution < -0.4 is 5.32 Å². The molecule has 3 aromatic rings. The summed E-state index contributed by atoms with van der Waals surface area (Å²) in [6.45, 7) is 6.20. The summed E-state index contributed by atoms with van der Waals surface area (Å²) >= 11 is 2.79. The monoisotopic (exact) mass is 373 g/mol. The number of anilines is 1. The Morgan fingerprint density at radius 2 is 2.08 bits per heavy atom. The van der Waals surface area contributed by atoms with Crippen molar-refractivity contribution in [2.45, 2.75) is 31.8 Å². The van der Waals surface area contributed by atoms with E-state index in [1.807, 2.05) is 41.1 Å². The number of carbonyl (C=O) groups is 1. The second-order valence-electron chi connectivity index (χ2n) is 5.89. The third-order valence-corrected chi connectivity index (χ3v) is 5.24. The van der Waals surface area contributed by atoms with Gasteiger partial charge in [-0.3, -0.25) is 9.36 Å². The predicted octanol–water partition coefficient (Wildman–Crippen LogP) is 3.89. The number of thiazole rings is 1. The summed E-state index contributed by atoms with van der Waals surface area (Å²) in [5.41, 5.74) is 3.15. The Labute approximate surface area is 154 Å². The largest absolute Gasteiger partial charge is 0.301 e. The average Bonchev–Trinajstić information content (AvgIpc) is 3.23. The van der Waals surface area contributed by atoms with Crippen molar-refractivity contribution in [3.05, 3.63) is 47.2 Å². The average molecular weight is 374 g/mol. The number of amides is 1. The van der Waals surface area contributed by atoms with Gasteiger partial charge >= 0.3 is 0 Å². The van der Waals surface area contributed by atoms with Gasteiger partial charge in [0.1, 0.15) is 6.33 Å². The SMILES string of the molecule is Cc1ccc(-n2cnnc2SCC(=O)Nc2nc(C(C)C)cs2)cc1. The second kappa shape index (κ2) is 7.79. The van der Waals surface area contributed by atoms with Crippen molar-refractivity contribution in [1.82, 2.24) is 19.7 Å². The van der Waals surface area contributed by atoms with Gasteiger partial charge in [-0.1, -0.05) is 43.3 Å². The number of aromatic nitrogens is 4. The number of hydrogen-bond donors (Lipinski definition) is 1. The first-order chi connectivity index (χ1) is 12.0. The lowest BCUT2D eigenvalue weighted by atomic mass is 10.2. The molecule has 0 aliphatic carbocycles. The summed E-state index contributed by atoms with van der Waals surface area (Å²) in [7, 11) is 0. The third-order valence-electron chi connectivity index (χ3n) is 3.52. The number of nitrogens with one attached hydrogen (secondary N) is 1. The number of rotatable bonds is 6. The molecule has 0 bridgehead atoms. The Morgan fingerprint density at radius 1 is 1.32 bits per heavy atom. The fourth-order valence-electron chi connectivity index (χ4n) is 2.10. The summed E-state index contributed by atoms with van der Waals surface area (Å²) in [6, 6.07) is 8.08. The van der Waals surface area contributed by atoms with Crippen LogP contribution in [-0.4, -0.2) is 31.4 Å². The van der Waals surface area contributed by atoms with E-state index in [0.717, 1.165) is 11.4 Å². The molecule has 0 aliphatic rings. The van der Waals surface area contributed by atoms with Gasteiger partial charge in [-0.05, 0) is 25.0 Å². The topological polar surface area (TPSA) is 72.7 Å². The molecule has 1 N–H and O–H groups in total. The minimum Gasteiger partial charge on any atom is -0.301 e. The maximum Gasteiger partial charge on any atom is 0.236 e. The molecule has 25 heavy (non-hydrogen) atoms. The van der Waals surface area contributed by atoms with Gasteiger partial charge in [0.15, 0.2) is 10.3 Å². The van der Waals surface area contributed by atoms with Crippen LogP contribution in [0, 0.1) is 6.92 Å². The van der Waals surface area contributed by atoms with Crippen molar-refractivity contribution in [2.75, 3.05) is 11.1 Å². The van der Waals surface area contributed by atoms with E-state index in [1.54, 1.807) is 6.33 Å². The Kier molecular flexibility index (Phi) is 5.50. The van der Waals surface area contributed by atoms with Crippen molar-refractivity contribution in [2.24, 2.45) is 0 Å². The molecular weight excluding hydrogens is 354 g/mol. The number of benzene rings is 1. The molecule has 0 saturated heterocycles. The molecular formula is C17H19N5OS2. The van der Waals surface area contributed by atoms with E-state index in [2.05, 4.69) is 34.3 Å². The molecule has 0 fully saturated rings. The number of aryl methyl sites for hydroxylation is 1. The minimum atomic E-state index is -0.104. The molecule has 1 aromatic carbocycles. The molecule has 8 heteroatoms. The Balaban J connectivity index is 1.61. The van der Waals surface area contributed by atoms with Gasteiger partial charge in [0.05, 0.1) is 11.4 Å². The van der Waals surface area contributed by atoms with Gasteiger partial charge in [-0.15, -0.1) is 21.5 Å². The van der Waals surface area contributed by atoms with Gasteiger partial charge in [0.25, 0.3) is 0 Å². The van der Waals surface area contributed by atoms with Crippen molar-refractivity contribution in [3.63, 3.8) is 0 Å². The molecule has 2 heterocycles. The maximum absolute atomic E-state index is 12.2. The van der Waals surface area contributed by atoms with Gasteiger partial charge < -0.3 is 5.32 Å². The van der Waals surface area contributed by atoms with Crippen LogP contribution in [0.5, 0.6) is 0 Å². The lowest BCUT2D eigenvalue weighted by Crippen LogP contribution is -2.14. The zero-order valence-corrected chi connectivity index (χ0v) is 15.9. The molecule has 1 amide bonds.